The second-order valence-corrected chi connectivity index (χ2v) is 6.65. The summed E-state index contributed by atoms with van der Waals surface area (Å²) in [6.07, 6.45) is 6.93. The fraction of sp³-hybridized carbons (Fsp3) is 0.938. The van der Waals surface area contributed by atoms with Crippen LogP contribution in [0.4, 0.5) is 0 Å². The highest BCUT2D eigenvalue weighted by atomic mass is 16.7. The third kappa shape index (κ3) is 3.76. The minimum atomic E-state index is -0.0167. The zero-order chi connectivity index (χ0) is 14.7. The van der Waals surface area contributed by atoms with E-state index in [1.54, 1.807) is 0 Å². The predicted octanol–water partition coefficient (Wildman–Crippen LogP) is 1.52. The summed E-state index contributed by atoms with van der Waals surface area (Å²) in [4.78, 5) is 14.6. The predicted molar refractivity (Wildman–Crippen MR) is 79.8 cm³/mol. The number of amides is 1. The van der Waals surface area contributed by atoms with Gasteiger partial charge in [0.15, 0.2) is 6.29 Å². The maximum Gasteiger partial charge on any atom is 0.237 e. The molecular weight excluding hydrogens is 268 g/mol. The molecule has 1 saturated carbocycles. The summed E-state index contributed by atoms with van der Waals surface area (Å²) in [6, 6.07) is 0.398. The van der Waals surface area contributed by atoms with Gasteiger partial charge in [0.1, 0.15) is 0 Å². The van der Waals surface area contributed by atoms with Crippen molar-refractivity contribution in [3.63, 3.8) is 0 Å². The van der Waals surface area contributed by atoms with Crippen LogP contribution in [0.1, 0.15) is 45.4 Å². The van der Waals surface area contributed by atoms with Crippen LogP contribution >= 0.6 is 0 Å². The van der Waals surface area contributed by atoms with Crippen molar-refractivity contribution in [3.05, 3.63) is 0 Å². The Kier molecular flexibility index (Phi) is 5.14. The molecule has 5 heteroatoms. The van der Waals surface area contributed by atoms with E-state index in [-0.39, 0.29) is 18.2 Å². The van der Waals surface area contributed by atoms with E-state index in [1.807, 2.05) is 6.92 Å². The lowest BCUT2D eigenvalue weighted by atomic mass is 9.95. The molecular formula is C16H28N2O3. The molecule has 0 spiro atoms. The quantitative estimate of drug-likeness (QED) is 0.854. The van der Waals surface area contributed by atoms with E-state index in [1.165, 1.54) is 12.8 Å². The highest BCUT2D eigenvalue weighted by molar-refractivity contribution is 5.81. The molecule has 0 bridgehead atoms. The fourth-order valence-corrected chi connectivity index (χ4v) is 3.79. The van der Waals surface area contributed by atoms with E-state index in [4.69, 9.17) is 9.47 Å². The molecule has 21 heavy (non-hydrogen) atoms. The molecule has 1 N–H and O–H groups in total. The largest absolute Gasteiger partial charge is 0.352 e. The van der Waals surface area contributed by atoms with E-state index < -0.39 is 0 Å². The fourth-order valence-electron chi connectivity index (χ4n) is 3.79. The van der Waals surface area contributed by atoms with Crippen LogP contribution in [0.5, 0.6) is 0 Å². The zero-order valence-corrected chi connectivity index (χ0v) is 13.1. The summed E-state index contributed by atoms with van der Waals surface area (Å²) in [5, 5.41) is 3.21. The molecule has 3 aliphatic rings. The molecule has 5 nitrogen and oxygen atoms in total. The van der Waals surface area contributed by atoms with Crippen molar-refractivity contribution >= 4 is 5.91 Å². The SMILES string of the molecule is CC(C(=O)NC1CCCC1)N1CCC(C2OCCO2)CC1. The van der Waals surface area contributed by atoms with Crippen molar-refractivity contribution in [2.75, 3.05) is 26.3 Å². The van der Waals surface area contributed by atoms with Crippen LogP contribution < -0.4 is 5.32 Å². The van der Waals surface area contributed by atoms with Gasteiger partial charge in [-0.05, 0) is 45.7 Å². The van der Waals surface area contributed by atoms with Crippen molar-refractivity contribution < 1.29 is 14.3 Å². The number of carbonyl (C=O) groups is 1. The summed E-state index contributed by atoms with van der Waals surface area (Å²) in [6.45, 7) is 5.42. The molecule has 3 fully saturated rings. The van der Waals surface area contributed by atoms with E-state index in [0.29, 0.717) is 12.0 Å². The molecule has 1 aliphatic carbocycles. The van der Waals surface area contributed by atoms with Gasteiger partial charge < -0.3 is 14.8 Å². The Labute approximate surface area is 127 Å². The van der Waals surface area contributed by atoms with E-state index in [0.717, 1.165) is 52.0 Å². The van der Waals surface area contributed by atoms with Crippen LogP contribution in [0.3, 0.4) is 0 Å². The lowest BCUT2D eigenvalue weighted by Gasteiger charge is -2.36. The van der Waals surface area contributed by atoms with E-state index in [2.05, 4.69) is 10.2 Å². The first-order chi connectivity index (χ1) is 10.2. The average molecular weight is 296 g/mol. The standard InChI is InChI=1S/C16H28N2O3/c1-12(15(19)17-14-4-2-3-5-14)18-8-6-13(7-9-18)16-20-10-11-21-16/h12-14,16H,2-11H2,1H3,(H,17,19). The first-order valence-electron chi connectivity index (χ1n) is 8.51. The normalized spacial score (nSPS) is 28.0. The highest BCUT2D eigenvalue weighted by Crippen LogP contribution is 2.26. The van der Waals surface area contributed by atoms with Gasteiger partial charge in [-0.1, -0.05) is 12.8 Å². The highest BCUT2D eigenvalue weighted by Gasteiger charge is 2.33. The van der Waals surface area contributed by atoms with Gasteiger partial charge >= 0.3 is 0 Å². The number of likely N-dealkylation sites (tertiary alicyclic amines) is 1. The van der Waals surface area contributed by atoms with Crippen molar-refractivity contribution in [3.8, 4) is 0 Å². The summed E-state index contributed by atoms with van der Waals surface area (Å²) >= 11 is 0. The van der Waals surface area contributed by atoms with E-state index >= 15 is 0 Å². The Morgan fingerprint density at radius 3 is 2.33 bits per heavy atom. The minimum Gasteiger partial charge on any atom is -0.352 e. The molecule has 120 valence electrons. The van der Waals surface area contributed by atoms with Crippen molar-refractivity contribution in [2.24, 2.45) is 5.92 Å². The third-order valence-corrected chi connectivity index (χ3v) is 5.24. The van der Waals surface area contributed by atoms with Crippen molar-refractivity contribution in [2.45, 2.75) is 63.8 Å². The Morgan fingerprint density at radius 1 is 1.10 bits per heavy atom. The van der Waals surface area contributed by atoms with Crippen LogP contribution in [0.15, 0.2) is 0 Å². The molecule has 0 aromatic heterocycles. The summed E-state index contributed by atoms with van der Waals surface area (Å²) < 4.78 is 11.2. The summed E-state index contributed by atoms with van der Waals surface area (Å²) in [5.41, 5.74) is 0. The molecule has 0 aromatic carbocycles. The lowest BCUT2D eigenvalue weighted by molar-refractivity contribution is -0.129. The second kappa shape index (κ2) is 7.07. The van der Waals surface area contributed by atoms with Gasteiger partial charge in [-0.25, -0.2) is 0 Å². The number of nitrogens with zero attached hydrogens (tertiary/aromatic N) is 1. The van der Waals surface area contributed by atoms with Crippen LogP contribution in [0.25, 0.3) is 0 Å². The molecule has 2 heterocycles. The minimum absolute atomic E-state index is 0.00484. The average Bonchev–Trinajstić information content (AvgIpc) is 3.20. The van der Waals surface area contributed by atoms with Crippen LogP contribution in [-0.4, -0.2) is 55.5 Å². The van der Waals surface area contributed by atoms with Crippen molar-refractivity contribution in [1.29, 1.82) is 0 Å². The Morgan fingerprint density at radius 2 is 1.71 bits per heavy atom. The topological polar surface area (TPSA) is 50.8 Å². The molecule has 1 amide bonds. The molecule has 2 saturated heterocycles. The first-order valence-corrected chi connectivity index (χ1v) is 8.51. The van der Waals surface area contributed by atoms with Gasteiger partial charge in [-0.3, -0.25) is 9.69 Å². The van der Waals surface area contributed by atoms with Crippen molar-refractivity contribution in [1.82, 2.24) is 10.2 Å². The maximum absolute atomic E-state index is 12.3. The van der Waals surface area contributed by atoms with Gasteiger partial charge in [-0.2, -0.15) is 0 Å². The summed E-state index contributed by atoms with van der Waals surface area (Å²) in [7, 11) is 0. The molecule has 0 aromatic rings. The Balaban J connectivity index is 1.43. The molecule has 3 rings (SSSR count). The third-order valence-electron chi connectivity index (χ3n) is 5.24. The van der Waals surface area contributed by atoms with Crippen LogP contribution in [-0.2, 0) is 14.3 Å². The summed E-state index contributed by atoms with van der Waals surface area (Å²) in [5.74, 6) is 0.697. The van der Waals surface area contributed by atoms with Gasteiger partial charge in [0.25, 0.3) is 0 Å². The first kappa shape index (κ1) is 15.3. The number of piperidine rings is 1. The van der Waals surface area contributed by atoms with Gasteiger partial charge in [0, 0.05) is 12.0 Å². The molecule has 1 unspecified atom stereocenters. The number of carbonyl (C=O) groups excluding carboxylic acids is 1. The van der Waals surface area contributed by atoms with Gasteiger partial charge in [0.2, 0.25) is 5.91 Å². The van der Waals surface area contributed by atoms with Gasteiger partial charge in [-0.15, -0.1) is 0 Å². The van der Waals surface area contributed by atoms with Crippen LogP contribution in [0, 0.1) is 5.92 Å². The number of nitrogens with one attached hydrogen (secondary N) is 1. The maximum atomic E-state index is 12.3. The van der Waals surface area contributed by atoms with Gasteiger partial charge in [0.05, 0.1) is 19.3 Å². The Bertz CT molecular complexity index is 343. The zero-order valence-electron chi connectivity index (χ0n) is 13.1. The smallest absolute Gasteiger partial charge is 0.237 e. The number of ether oxygens (including phenoxy) is 2. The molecule has 2 aliphatic heterocycles. The number of rotatable bonds is 4. The number of hydrogen-bond acceptors (Lipinski definition) is 4. The lowest BCUT2D eigenvalue weighted by Crippen LogP contribution is -2.51. The Hall–Kier alpha value is -0.650. The van der Waals surface area contributed by atoms with E-state index in [9.17, 15) is 4.79 Å². The number of hydrogen-bond donors (Lipinski definition) is 1. The molecule has 0 radical (unpaired) electrons. The second-order valence-electron chi connectivity index (χ2n) is 6.65. The van der Waals surface area contributed by atoms with Crippen LogP contribution in [0.2, 0.25) is 0 Å². The monoisotopic (exact) mass is 296 g/mol. The molecule has 1 atom stereocenters.